The number of allylic oxidation sites excluding steroid dienone is 2. The highest BCUT2D eigenvalue weighted by molar-refractivity contribution is 5.78. The van der Waals surface area contributed by atoms with Gasteiger partial charge in [-0.2, -0.15) is 0 Å². The van der Waals surface area contributed by atoms with Crippen LogP contribution in [0, 0.1) is 0 Å². The Morgan fingerprint density at radius 1 is 0.885 bits per heavy atom. The zero-order valence-corrected chi connectivity index (χ0v) is 17.5. The standard InChI is InChI=1S/C23H43NO2/c1-3-5-6-7-8-9-10-11-12-13-14-15-16-17-18-19-22-24-23(4-2,20-25)21-26-22/h11-12,25H,3-10,13-21H2,1-2H3/b12-11-. The van der Waals surface area contributed by atoms with Crippen molar-refractivity contribution in [2.45, 2.75) is 116 Å². The molecular weight excluding hydrogens is 322 g/mol. The van der Waals surface area contributed by atoms with Crippen molar-refractivity contribution in [1.82, 2.24) is 0 Å². The molecular formula is C23H43NO2. The second-order valence-electron chi connectivity index (χ2n) is 7.86. The monoisotopic (exact) mass is 365 g/mol. The van der Waals surface area contributed by atoms with Gasteiger partial charge in [-0.15, -0.1) is 0 Å². The average molecular weight is 366 g/mol. The fourth-order valence-electron chi connectivity index (χ4n) is 3.40. The Bertz CT molecular complexity index is 386. The third kappa shape index (κ3) is 10.4. The molecule has 3 heteroatoms. The molecule has 152 valence electrons. The Morgan fingerprint density at radius 3 is 2.00 bits per heavy atom. The SMILES string of the molecule is CCCCCCCC/C=C\CCCCCCCC1=NC(CC)(CO)CO1. The number of hydrogen-bond acceptors (Lipinski definition) is 3. The molecule has 0 aromatic carbocycles. The molecule has 0 aromatic rings. The van der Waals surface area contributed by atoms with Gasteiger partial charge < -0.3 is 9.84 Å². The maximum Gasteiger partial charge on any atom is 0.184 e. The number of ether oxygens (including phenoxy) is 1. The molecule has 1 aliphatic heterocycles. The molecule has 26 heavy (non-hydrogen) atoms. The molecule has 1 unspecified atom stereocenters. The van der Waals surface area contributed by atoms with E-state index in [0.717, 1.165) is 25.2 Å². The van der Waals surface area contributed by atoms with Crippen LogP contribution < -0.4 is 0 Å². The largest absolute Gasteiger partial charge is 0.478 e. The number of rotatable bonds is 17. The quantitative estimate of drug-likeness (QED) is 0.233. The van der Waals surface area contributed by atoms with Gasteiger partial charge in [-0.1, -0.05) is 77.4 Å². The number of unbranched alkanes of at least 4 members (excludes halogenated alkanes) is 11. The van der Waals surface area contributed by atoms with Crippen molar-refractivity contribution in [2.75, 3.05) is 13.2 Å². The lowest BCUT2D eigenvalue weighted by Gasteiger charge is -2.17. The first-order valence-electron chi connectivity index (χ1n) is 11.2. The van der Waals surface area contributed by atoms with Gasteiger partial charge in [0.05, 0.1) is 6.61 Å². The maximum absolute atomic E-state index is 9.45. The zero-order valence-electron chi connectivity index (χ0n) is 17.5. The second-order valence-corrected chi connectivity index (χ2v) is 7.86. The first kappa shape index (κ1) is 23.2. The van der Waals surface area contributed by atoms with E-state index < -0.39 is 0 Å². The molecule has 0 saturated carbocycles. The van der Waals surface area contributed by atoms with Crippen LogP contribution in [0.1, 0.15) is 110 Å². The van der Waals surface area contributed by atoms with E-state index in [-0.39, 0.29) is 12.1 Å². The summed E-state index contributed by atoms with van der Waals surface area (Å²) in [6.07, 6.45) is 23.7. The molecule has 0 aliphatic carbocycles. The second kappa shape index (κ2) is 15.2. The summed E-state index contributed by atoms with van der Waals surface area (Å²) in [5.41, 5.74) is -0.350. The lowest BCUT2D eigenvalue weighted by atomic mass is 10.0. The lowest BCUT2D eigenvalue weighted by Crippen LogP contribution is -2.31. The Kier molecular flexibility index (Phi) is 13.6. The lowest BCUT2D eigenvalue weighted by molar-refractivity contribution is 0.153. The summed E-state index contributed by atoms with van der Waals surface area (Å²) >= 11 is 0. The normalized spacial score (nSPS) is 19.9. The van der Waals surface area contributed by atoms with E-state index in [9.17, 15) is 5.11 Å². The van der Waals surface area contributed by atoms with Crippen LogP contribution in [0.2, 0.25) is 0 Å². The van der Waals surface area contributed by atoms with Crippen LogP contribution in [0.3, 0.4) is 0 Å². The van der Waals surface area contributed by atoms with E-state index in [1.165, 1.54) is 77.0 Å². The Labute approximate surface area is 162 Å². The molecule has 0 amide bonds. The molecule has 3 nitrogen and oxygen atoms in total. The zero-order chi connectivity index (χ0) is 18.9. The van der Waals surface area contributed by atoms with Gasteiger partial charge in [-0.25, -0.2) is 4.99 Å². The fraction of sp³-hybridized carbons (Fsp3) is 0.870. The summed E-state index contributed by atoms with van der Waals surface area (Å²) in [5, 5.41) is 9.45. The van der Waals surface area contributed by atoms with Crippen molar-refractivity contribution >= 4 is 5.90 Å². The molecule has 0 bridgehead atoms. The summed E-state index contributed by atoms with van der Waals surface area (Å²) in [6, 6.07) is 0. The Morgan fingerprint density at radius 2 is 1.46 bits per heavy atom. The highest BCUT2D eigenvalue weighted by Crippen LogP contribution is 2.24. The van der Waals surface area contributed by atoms with Crippen LogP contribution in [0.15, 0.2) is 17.1 Å². The summed E-state index contributed by atoms with van der Waals surface area (Å²) in [4.78, 5) is 4.60. The number of aliphatic hydroxyl groups excluding tert-OH is 1. The highest BCUT2D eigenvalue weighted by atomic mass is 16.5. The number of hydrogen-bond donors (Lipinski definition) is 1. The van der Waals surface area contributed by atoms with E-state index in [1.54, 1.807) is 0 Å². The molecule has 1 heterocycles. The number of nitrogens with zero attached hydrogens (tertiary/aromatic N) is 1. The summed E-state index contributed by atoms with van der Waals surface area (Å²) in [7, 11) is 0. The van der Waals surface area contributed by atoms with Crippen molar-refractivity contribution in [3.8, 4) is 0 Å². The van der Waals surface area contributed by atoms with Gasteiger partial charge in [-0.05, 0) is 38.5 Å². The predicted molar refractivity (Wildman–Crippen MR) is 113 cm³/mol. The molecule has 1 aliphatic rings. The maximum atomic E-state index is 9.45. The molecule has 0 fully saturated rings. The predicted octanol–water partition coefficient (Wildman–Crippen LogP) is 6.59. The smallest absolute Gasteiger partial charge is 0.184 e. The molecule has 1 atom stereocenters. The molecule has 0 aromatic heterocycles. The van der Waals surface area contributed by atoms with Crippen molar-refractivity contribution in [3.63, 3.8) is 0 Å². The minimum Gasteiger partial charge on any atom is -0.478 e. The van der Waals surface area contributed by atoms with Gasteiger partial charge in [-0.3, -0.25) is 0 Å². The summed E-state index contributed by atoms with van der Waals surface area (Å²) in [6.45, 7) is 4.99. The first-order chi connectivity index (χ1) is 12.8. The van der Waals surface area contributed by atoms with Crippen LogP contribution >= 0.6 is 0 Å². The van der Waals surface area contributed by atoms with Gasteiger partial charge in [0.1, 0.15) is 12.1 Å². The topological polar surface area (TPSA) is 41.8 Å². The van der Waals surface area contributed by atoms with Crippen molar-refractivity contribution in [3.05, 3.63) is 12.2 Å². The molecule has 1 rings (SSSR count). The molecule has 0 radical (unpaired) electrons. The van der Waals surface area contributed by atoms with Gasteiger partial charge in [0.25, 0.3) is 0 Å². The first-order valence-corrected chi connectivity index (χ1v) is 11.2. The van der Waals surface area contributed by atoms with Gasteiger partial charge in [0.15, 0.2) is 5.90 Å². The minimum absolute atomic E-state index is 0.0966. The van der Waals surface area contributed by atoms with E-state index in [4.69, 9.17) is 4.74 Å². The Balaban J connectivity index is 1.87. The third-order valence-corrected chi connectivity index (χ3v) is 5.47. The van der Waals surface area contributed by atoms with Crippen LogP contribution in [-0.4, -0.2) is 29.8 Å². The van der Waals surface area contributed by atoms with Crippen molar-refractivity contribution in [2.24, 2.45) is 4.99 Å². The fourth-order valence-corrected chi connectivity index (χ4v) is 3.40. The molecule has 0 saturated heterocycles. The summed E-state index contributed by atoms with van der Waals surface area (Å²) < 4.78 is 5.65. The van der Waals surface area contributed by atoms with Crippen molar-refractivity contribution < 1.29 is 9.84 Å². The van der Waals surface area contributed by atoms with Gasteiger partial charge in [0, 0.05) is 6.42 Å². The average Bonchev–Trinajstić information content (AvgIpc) is 3.09. The van der Waals surface area contributed by atoms with Crippen LogP contribution in [0.5, 0.6) is 0 Å². The van der Waals surface area contributed by atoms with E-state index in [1.807, 2.05) is 0 Å². The van der Waals surface area contributed by atoms with E-state index in [0.29, 0.717) is 6.61 Å². The van der Waals surface area contributed by atoms with Crippen molar-refractivity contribution in [1.29, 1.82) is 0 Å². The van der Waals surface area contributed by atoms with Gasteiger partial charge in [0.2, 0.25) is 0 Å². The van der Waals surface area contributed by atoms with Crippen LogP contribution in [0.25, 0.3) is 0 Å². The Hall–Kier alpha value is -0.830. The van der Waals surface area contributed by atoms with Gasteiger partial charge >= 0.3 is 0 Å². The van der Waals surface area contributed by atoms with Crippen LogP contribution in [0.4, 0.5) is 0 Å². The third-order valence-electron chi connectivity index (χ3n) is 5.47. The van der Waals surface area contributed by atoms with Crippen LogP contribution in [-0.2, 0) is 4.74 Å². The number of aliphatic hydroxyl groups is 1. The molecule has 1 N–H and O–H groups in total. The van der Waals surface area contributed by atoms with E-state index >= 15 is 0 Å². The summed E-state index contributed by atoms with van der Waals surface area (Å²) in [5.74, 6) is 0.860. The van der Waals surface area contributed by atoms with E-state index in [2.05, 4.69) is 31.0 Å². The number of aliphatic imine (C=N–C) groups is 1. The highest BCUT2D eigenvalue weighted by Gasteiger charge is 2.33. The minimum atomic E-state index is -0.350. The molecule has 0 spiro atoms.